The molecule has 0 aliphatic heterocycles. The lowest BCUT2D eigenvalue weighted by Gasteiger charge is -2.12. The minimum atomic E-state index is -3.08. The Morgan fingerprint density at radius 1 is 1.06 bits per heavy atom. The molecular weight excluding hydrogens is 466 g/mol. The van der Waals surface area contributed by atoms with E-state index in [4.69, 9.17) is 4.74 Å². The van der Waals surface area contributed by atoms with Crippen molar-refractivity contribution in [1.29, 1.82) is 0 Å². The monoisotopic (exact) mass is 481 g/mol. The van der Waals surface area contributed by atoms with Gasteiger partial charge in [0.2, 0.25) is 0 Å². The molecule has 7 nitrogen and oxygen atoms in total. The fraction of sp³-hybridized carbons (Fsp3) is 0.190. The molecule has 0 radical (unpaired) electrons. The molecule has 1 aromatic carbocycles. The average molecular weight is 481 g/mol. The van der Waals surface area contributed by atoms with Crippen LogP contribution in [0.2, 0.25) is 0 Å². The van der Waals surface area contributed by atoms with E-state index in [0.29, 0.717) is 11.3 Å². The molecular formula is C21H15F4N3O4S. The number of alkyl halides is 4. The summed E-state index contributed by atoms with van der Waals surface area (Å²) >= 11 is 1.14. The summed E-state index contributed by atoms with van der Waals surface area (Å²) in [5.74, 6) is -0.105. The summed E-state index contributed by atoms with van der Waals surface area (Å²) in [6, 6.07) is 9.02. The minimum Gasteiger partial charge on any atom is -0.470 e. The number of thiazole rings is 1. The lowest BCUT2D eigenvalue weighted by molar-refractivity contribution is -0.0498. The molecule has 4 rings (SSSR count). The van der Waals surface area contributed by atoms with Crippen LogP contribution in [0.1, 0.15) is 13.5 Å². The molecule has 172 valence electrons. The molecule has 0 atom stereocenters. The van der Waals surface area contributed by atoms with Crippen LogP contribution >= 0.6 is 11.3 Å². The van der Waals surface area contributed by atoms with Crippen molar-refractivity contribution >= 4 is 21.7 Å². The van der Waals surface area contributed by atoms with E-state index in [1.54, 1.807) is 6.92 Å². The van der Waals surface area contributed by atoms with Gasteiger partial charge in [-0.05, 0) is 43.3 Å². The summed E-state index contributed by atoms with van der Waals surface area (Å²) in [6.45, 7) is -4.00. The van der Waals surface area contributed by atoms with Crippen LogP contribution < -0.4 is 20.6 Å². The number of benzene rings is 1. The largest absolute Gasteiger partial charge is 0.470 e. The van der Waals surface area contributed by atoms with Crippen LogP contribution in [0.25, 0.3) is 27.2 Å². The van der Waals surface area contributed by atoms with Crippen LogP contribution in [0, 0.1) is 0 Å². The van der Waals surface area contributed by atoms with Gasteiger partial charge in [0.15, 0.2) is 5.65 Å². The molecule has 0 amide bonds. The first-order valence-electron chi connectivity index (χ1n) is 9.54. The average Bonchev–Trinajstić information content (AvgIpc) is 3.16. The topological polar surface area (TPSA) is 75.4 Å². The third-order valence-electron chi connectivity index (χ3n) is 4.58. The molecule has 0 spiro atoms. The molecule has 33 heavy (non-hydrogen) atoms. The summed E-state index contributed by atoms with van der Waals surface area (Å²) in [5, 5.41) is 0.285. The summed E-state index contributed by atoms with van der Waals surface area (Å²) in [4.78, 5) is 29.5. The summed E-state index contributed by atoms with van der Waals surface area (Å²) in [6.07, 6.45) is 0.907. The summed E-state index contributed by atoms with van der Waals surface area (Å²) in [7, 11) is 0. The van der Waals surface area contributed by atoms with E-state index in [9.17, 15) is 27.2 Å². The molecule has 3 aromatic heterocycles. The van der Waals surface area contributed by atoms with Crippen molar-refractivity contribution in [3.63, 3.8) is 0 Å². The molecule has 0 aliphatic carbocycles. The smallest absolute Gasteiger partial charge is 0.387 e. The van der Waals surface area contributed by atoms with Gasteiger partial charge >= 0.3 is 13.2 Å². The van der Waals surface area contributed by atoms with Crippen molar-refractivity contribution in [3.8, 4) is 27.8 Å². The third-order valence-corrected chi connectivity index (χ3v) is 5.49. The zero-order valence-corrected chi connectivity index (χ0v) is 17.7. The highest BCUT2D eigenvalue weighted by Gasteiger charge is 2.19. The highest BCUT2D eigenvalue weighted by Crippen LogP contribution is 2.31. The zero-order chi connectivity index (χ0) is 23.7. The van der Waals surface area contributed by atoms with E-state index >= 15 is 0 Å². The van der Waals surface area contributed by atoms with E-state index in [1.165, 1.54) is 41.0 Å². The van der Waals surface area contributed by atoms with Gasteiger partial charge in [0.05, 0.1) is 22.6 Å². The van der Waals surface area contributed by atoms with Gasteiger partial charge in [-0.25, -0.2) is 0 Å². The first kappa shape index (κ1) is 22.5. The lowest BCUT2D eigenvalue weighted by atomic mass is 10.1. The number of hydrogen-bond donors (Lipinski definition) is 0. The first-order valence-corrected chi connectivity index (χ1v) is 10.4. The predicted molar refractivity (Wildman–Crippen MR) is 114 cm³/mol. The van der Waals surface area contributed by atoms with E-state index in [2.05, 4.69) is 9.72 Å². The number of pyridine rings is 2. The van der Waals surface area contributed by atoms with Gasteiger partial charge in [-0.1, -0.05) is 11.3 Å². The van der Waals surface area contributed by atoms with Crippen LogP contribution in [-0.4, -0.2) is 27.3 Å². The standard InChI is InChI=1S/C21H15F4N3O4S/c1-2-31-21-26-17-15(33-21)9-14(11-3-8-16(29)27(10-11)19(22)23)18(30)28(17)12-4-6-13(7-5-12)32-20(24)25/h3-10,19-20H,2H2,1H3. The van der Waals surface area contributed by atoms with Crippen molar-refractivity contribution in [3.05, 3.63) is 69.4 Å². The Morgan fingerprint density at radius 2 is 1.79 bits per heavy atom. The van der Waals surface area contributed by atoms with Crippen LogP contribution in [-0.2, 0) is 0 Å². The van der Waals surface area contributed by atoms with Crippen LogP contribution in [0.15, 0.2) is 58.3 Å². The number of nitrogens with zero attached hydrogens (tertiary/aromatic N) is 3. The normalized spacial score (nSPS) is 11.5. The SMILES string of the molecule is CCOc1nc2c(cc(-c3ccc(=O)n(C(F)F)c3)c(=O)n2-c2ccc(OC(F)F)cc2)s1. The van der Waals surface area contributed by atoms with Crippen molar-refractivity contribution < 1.29 is 27.0 Å². The van der Waals surface area contributed by atoms with Crippen molar-refractivity contribution in [2.24, 2.45) is 0 Å². The van der Waals surface area contributed by atoms with E-state index < -0.39 is 24.3 Å². The molecule has 0 fully saturated rings. The van der Waals surface area contributed by atoms with Gasteiger partial charge < -0.3 is 9.47 Å². The van der Waals surface area contributed by atoms with E-state index in [0.717, 1.165) is 23.6 Å². The molecule has 0 saturated carbocycles. The van der Waals surface area contributed by atoms with Gasteiger partial charge in [0, 0.05) is 17.8 Å². The number of rotatable bonds is 7. The van der Waals surface area contributed by atoms with E-state index in [1.807, 2.05) is 0 Å². The number of aromatic nitrogens is 3. The van der Waals surface area contributed by atoms with Crippen LogP contribution in [0.4, 0.5) is 17.6 Å². The Hall–Kier alpha value is -3.67. The first-order chi connectivity index (χ1) is 15.8. The lowest BCUT2D eigenvalue weighted by Crippen LogP contribution is -2.23. The van der Waals surface area contributed by atoms with Gasteiger partial charge in [-0.15, -0.1) is 0 Å². The highest BCUT2D eigenvalue weighted by atomic mass is 32.1. The Kier molecular flexibility index (Phi) is 6.18. The Labute approximate surface area is 187 Å². The maximum absolute atomic E-state index is 13.4. The number of fused-ring (bicyclic) bond motifs is 1. The second kappa shape index (κ2) is 9.06. The maximum atomic E-state index is 13.4. The molecule has 0 saturated heterocycles. The minimum absolute atomic E-state index is 0.0384. The molecule has 0 unspecified atom stereocenters. The quantitative estimate of drug-likeness (QED) is 0.359. The van der Waals surface area contributed by atoms with Gasteiger partial charge in [-0.3, -0.25) is 18.7 Å². The Morgan fingerprint density at radius 3 is 2.42 bits per heavy atom. The number of hydrogen-bond acceptors (Lipinski definition) is 6. The van der Waals surface area contributed by atoms with Crippen molar-refractivity contribution in [1.82, 2.24) is 14.1 Å². The second-order valence-corrected chi connectivity index (χ2v) is 7.61. The molecule has 0 bridgehead atoms. The van der Waals surface area contributed by atoms with Gasteiger partial charge in [0.25, 0.3) is 16.3 Å². The van der Waals surface area contributed by atoms with Crippen molar-refractivity contribution in [2.45, 2.75) is 20.1 Å². The van der Waals surface area contributed by atoms with Crippen molar-refractivity contribution in [2.75, 3.05) is 6.61 Å². The molecule has 0 N–H and O–H groups in total. The van der Waals surface area contributed by atoms with E-state index in [-0.39, 0.29) is 38.0 Å². The van der Waals surface area contributed by atoms with Gasteiger partial charge in [0.1, 0.15) is 5.75 Å². The van der Waals surface area contributed by atoms with Crippen LogP contribution in [0.3, 0.4) is 0 Å². The molecule has 4 aromatic rings. The second-order valence-electron chi connectivity index (χ2n) is 6.61. The van der Waals surface area contributed by atoms with Gasteiger partial charge in [-0.2, -0.15) is 22.5 Å². The predicted octanol–water partition coefficient (Wildman–Crippen LogP) is 4.67. The number of halogens is 4. The fourth-order valence-corrected chi connectivity index (χ4v) is 4.09. The molecule has 0 aliphatic rings. The molecule has 3 heterocycles. The third kappa shape index (κ3) is 4.46. The fourth-order valence-electron chi connectivity index (χ4n) is 3.19. The summed E-state index contributed by atoms with van der Waals surface area (Å²) in [5.41, 5.74) is -0.874. The maximum Gasteiger partial charge on any atom is 0.387 e. The Balaban J connectivity index is 1.95. The van der Waals surface area contributed by atoms with Crippen LogP contribution in [0.5, 0.6) is 10.9 Å². The summed E-state index contributed by atoms with van der Waals surface area (Å²) < 4.78 is 63.1. The Bertz CT molecular complexity index is 1410. The highest BCUT2D eigenvalue weighted by molar-refractivity contribution is 7.20. The molecule has 12 heteroatoms. The zero-order valence-electron chi connectivity index (χ0n) is 16.9. The number of ether oxygens (including phenoxy) is 2.